The van der Waals surface area contributed by atoms with Crippen LogP contribution >= 0.6 is 11.3 Å². The van der Waals surface area contributed by atoms with E-state index in [2.05, 4.69) is 48.3 Å². The van der Waals surface area contributed by atoms with Crippen LogP contribution in [0.5, 0.6) is 0 Å². The first-order valence-electron chi connectivity index (χ1n) is 11.2. The summed E-state index contributed by atoms with van der Waals surface area (Å²) in [7, 11) is -3.78. The normalized spacial score (nSPS) is 12.3. The predicted octanol–water partition coefficient (Wildman–Crippen LogP) is 5.86. The molecular formula is C27H27N3O3S2. The molecule has 4 aromatic rings. The Hall–Kier alpha value is -3.49. The number of nitrogens with zero attached hydrogens (tertiary/aromatic N) is 2. The number of nitrogens with one attached hydrogen (secondary N) is 1. The number of carbonyl (C=O) groups is 1. The van der Waals surface area contributed by atoms with E-state index in [9.17, 15) is 13.2 Å². The molecule has 0 saturated heterocycles. The van der Waals surface area contributed by atoms with E-state index >= 15 is 0 Å². The number of benzene rings is 3. The summed E-state index contributed by atoms with van der Waals surface area (Å²) in [6, 6.07) is 19.2. The molecule has 6 nitrogen and oxygen atoms in total. The number of amides is 1. The zero-order valence-corrected chi connectivity index (χ0v) is 21.5. The van der Waals surface area contributed by atoms with Crippen molar-refractivity contribution in [3.63, 3.8) is 0 Å². The Labute approximate surface area is 209 Å². The first-order chi connectivity index (χ1) is 16.7. The number of fused-ring (bicyclic) bond motifs is 1. The number of allylic oxidation sites excluding steroid dienone is 1. The van der Waals surface area contributed by atoms with Crippen molar-refractivity contribution in [1.82, 2.24) is 4.57 Å². The predicted molar refractivity (Wildman–Crippen MR) is 142 cm³/mol. The first-order valence-corrected chi connectivity index (χ1v) is 13.5. The van der Waals surface area contributed by atoms with Gasteiger partial charge in [0.15, 0.2) is 4.80 Å². The van der Waals surface area contributed by atoms with Crippen LogP contribution in [0.3, 0.4) is 0 Å². The average Bonchev–Trinajstić information content (AvgIpc) is 3.15. The molecule has 1 heterocycles. The molecule has 180 valence electrons. The highest BCUT2D eigenvalue weighted by Crippen LogP contribution is 2.24. The van der Waals surface area contributed by atoms with Crippen LogP contribution in [0.25, 0.3) is 10.2 Å². The van der Waals surface area contributed by atoms with Crippen LogP contribution in [0.2, 0.25) is 0 Å². The molecule has 1 aromatic heterocycles. The van der Waals surface area contributed by atoms with Gasteiger partial charge < -0.3 is 4.57 Å². The molecule has 0 bridgehead atoms. The number of rotatable bonds is 7. The molecule has 0 spiro atoms. The van der Waals surface area contributed by atoms with Crippen molar-refractivity contribution in [2.45, 2.75) is 38.1 Å². The van der Waals surface area contributed by atoms with Crippen molar-refractivity contribution >= 4 is 43.2 Å². The van der Waals surface area contributed by atoms with Crippen molar-refractivity contribution in [3.05, 3.63) is 101 Å². The van der Waals surface area contributed by atoms with Crippen LogP contribution in [0.1, 0.15) is 41.3 Å². The zero-order valence-electron chi connectivity index (χ0n) is 19.9. The van der Waals surface area contributed by atoms with Gasteiger partial charge in [0.2, 0.25) is 0 Å². The number of carbonyl (C=O) groups excluding carboxylic acids is 1. The Morgan fingerprint density at radius 3 is 2.54 bits per heavy atom. The van der Waals surface area contributed by atoms with Gasteiger partial charge in [-0.1, -0.05) is 61.1 Å². The molecule has 1 amide bonds. The molecule has 0 aliphatic heterocycles. The zero-order chi connectivity index (χ0) is 25.2. The van der Waals surface area contributed by atoms with Gasteiger partial charge in [-0.2, -0.15) is 4.99 Å². The molecule has 3 aromatic carbocycles. The van der Waals surface area contributed by atoms with Crippen molar-refractivity contribution in [3.8, 4) is 0 Å². The standard InChI is InChI=1S/C27H27N3O3S2/c1-5-15-30-24-14-11-20(18(2)3)17-25(24)34-27(30)28-26(31)21-7-6-8-22(16-21)29-35(32,33)23-12-9-19(4)10-13-23/h5-14,16-18,29H,1,15H2,2-4H3. The molecule has 0 fully saturated rings. The van der Waals surface area contributed by atoms with Gasteiger partial charge in [0.05, 0.1) is 15.1 Å². The molecule has 35 heavy (non-hydrogen) atoms. The number of hydrogen-bond acceptors (Lipinski definition) is 4. The summed E-state index contributed by atoms with van der Waals surface area (Å²) in [5, 5.41) is 0. The molecule has 8 heteroatoms. The van der Waals surface area contributed by atoms with Crippen LogP contribution < -0.4 is 9.52 Å². The number of anilines is 1. The third kappa shape index (κ3) is 5.44. The lowest BCUT2D eigenvalue weighted by Crippen LogP contribution is -2.16. The fourth-order valence-electron chi connectivity index (χ4n) is 3.64. The van der Waals surface area contributed by atoms with Gasteiger partial charge in [0.25, 0.3) is 15.9 Å². The highest BCUT2D eigenvalue weighted by molar-refractivity contribution is 7.92. The van der Waals surface area contributed by atoms with E-state index in [0.29, 0.717) is 28.5 Å². The van der Waals surface area contributed by atoms with E-state index in [4.69, 9.17) is 0 Å². The SMILES string of the molecule is C=CCn1c(=NC(=O)c2cccc(NS(=O)(=O)c3ccc(C)cc3)c2)sc2cc(C(C)C)ccc21. The molecular weight excluding hydrogens is 478 g/mol. The van der Waals surface area contributed by atoms with Gasteiger partial charge in [0.1, 0.15) is 0 Å². The maximum absolute atomic E-state index is 13.1. The second-order valence-corrected chi connectivity index (χ2v) is 11.3. The van der Waals surface area contributed by atoms with Gasteiger partial charge in [-0.15, -0.1) is 6.58 Å². The van der Waals surface area contributed by atoms with Crippen molar-refractivity contribution in [2.24, 2.45) is 4.99 Å². The Morgan fingerprint density at radius 2 is 1.86 bits per heavy atom. The minimum Gasteiger partial charge on any atom is -0.312 e. The largest absolute Gasteiger partial charge is 0.312 e. The topological polar surface area (TPSA) is 80.5 Å². The lowest BCUT2D eigenvalue weighted by Gasteiger charge is -2.09. The van der Waals surface area contributed by atoms with Crippen LogP contribution in [0.4, 0.5) is 5.69 Å². The van der Waals surface area contributed by atoms with Crippen LogP contribution in [0, 0.1) is 6.92 Å². The van der Waals surface area contributed by atoms with Crippen molar-refractivity contribution in [2.75, 3.05) is 4.72 Å². The second-order valence-electron chi connectivity index (χ2n) is 8.58. The van der Waals surface area contributed by atoms with Crippen LogP contribution in [0.15, 0.2) is 89.3 Å². The van der Waals surface area contributed by atoms with E-state index in [1.54, 1.807) is 48.5 Å². The Bertz CT molecular complexity index is 1580. The third-order valence-corrected chi connectivity index (χ3v) is 8.01. The maximum Gasteiger partial charge on any atom is 0.279 e. The van der Waals surface area contributed by atoms with Crippen LogP contribution in [-0.2, 0) is 16.6 Å². The average molecular weight is 506 g/mol. The minimum atomic E-state index is -3.78. The van der Waals surface area contributed by atoms with Gasteiger partial charge in [0, 0.05) is 17.8 Å². The van der Waals surface area contributed by atoms with E-state index in [1.807, 2.05) is 11.5 Å². The minimum absolute atomic E-state index is 0.154. The van der Waals surface area contributed by atoms with E-state index in [1.165, 1.54) is 23.0 Å². The molecule has 0 saturated carbocycles. The summed E-state index contributed by atoms with van der Waals surface area (Å²) < 4.78 is 31.0. The Balaban J connectivity index is 1.68. The summed E-state index contributed by atoms with van der Waals surface area (Å²) in [5.41, 5.74) is 3.76. The third-order valence-electron chi connectivity index (χ3n) is 5.58. The highest BCUT2D eigenvalue weighted by Gasteiger charge is 2.15. The Kier molecular flexibility index (Phi) is 7.05. The van der Waals surface area contributed by atoms with E-state index < -0.39 is 15.9 Å². The smallest absolute Gasteiger partial charge is 0.279 e. The van der Waals surface area contributed by atoms with E-state index in [0.717, 1.165) is 15.8 Å². The molecule has 0 radical (unpaired) electrons. The maximum atomic E-state index is 13.1. The van der Waals surface area contributed by atoms with Crippen molar-refractivity contribution in [1.29, 1.82) is 0 Å². The number of thiazole rings is 1. The number of aryl methyl sites for hydroxylation is 1. The molecule has 0 aliphatic rings. The summed E-state index contributed by atoms with van der Waals surface area (Å²) >= 11 is 1.45. The Morgan fingerprint density at radius 1 is 1.11 bits per heavy atom. The lowest BCUT2D eigenvalue weighted by molar-refractivity contribution is 0.0998. The van der Waals surface area contributed by atoms with Crippen LogP contribution in [-0.4, -0.2) is 18.9 Å². The monoisotopic (exact) mass is 505 g/mol. The molecule has 1 N–H and O–H groups in total. The summed E-state index contributed by atoms with van der Waals surface area (Å²) in [6.45, 7) is 10.5. The van der Waals surface area contributed by atoms with Gasteiger partial charge in [-0.05, 0) is 60.9 Å². The molecule has 0 unspecified atom stereocenters. The van der Waals surface area contributed by atoms with Gasteiger partial charge in [-0.25, -0.2) is 8.42 Å². The van der Waals surface area contributed by atoms with Crippen molar-refractivity contribution < 1.29 is 13.2 Å². The highest BCUT2D eigenvalue weighted by atomic mass is 32.2. The number of hydrogen-bond donors (Lipinski definition) is 1. The molecule has 4 rings (SSSR count). The second kappa shape index (κ2) is 10.0. The molecule has 0 atom stereocenters. The van der Waals surface area contributed by atoms with E-state index in [-0.39, 0.29) is 4.90 Å². The fourth-order valence-corrected chi connectivity index (χ4v) is 5.77. The molecule has 0 aliphatic carbocycles. The first kappa shape index (κ1) is 24.6. The van der Waals surface area contributed by atoms with Gasteiger partial charge >= 0.3 is 0 Å². The quantitative estimate of drug-likeness (QED) is 0.319. The summed E-state index contributed by atoms with van der Waals surface area (Å²) in [5.74, 6) is -0.0577. The number of aromatic nitrogens is 1. The summed E-state index contributed by atoms with van der Waals surface area (Å²) in [6.07, 6.45) is 1.77. The van der Waals surface area contributed by atoms with Gasteiger partial charge in [-0.3, -0.25) is 9.52 Å². The summed E-state index contributed by atoms with van der Waals surface area (Å²) in [4.78, 5) is 18.2. The number of sulfonamides is 1. The lowest BCUT2D eigenvalue weighted by atomic mass is 10.0. The fraction of sp³-hybridized carbons (Fsp3) is 0.185.